The summed E-state index contributed by atoms with van der Waals surface area (Å²) in [6.07, 6.45) is 3.02. The van der Waals surface area contributed by atoms with Gasteiger partial charge in [0.05, 0.1) is 28.4 Å². The molecule has 9 heteroatoms. The van der Waals surface area contributed by atoms with Crippen LogP contribution in [0.15, 0.2) is 36.5 Å². The molecule has 1 N–H and O–H groups in total. The van der Waals surface area contributed by atoms with Crippen molar-refractivity contribution in [1.82, 2.24) is 9.38 Å². The molecule has 2 heterocycles. The number of nitro benzene ring substituents is 1. The Kier molecular flexibility index (Phi) is 5.27. The molecule has 0 aliphatic rings. The Labute approximate surface area is 159 Å². The number of halogens is 1. The average molecular weight is 389 g/mol. The van der Waals surface area contributed by atoms with Gasteiger partial charge in [-0.1, -0.05) is 24.9 Å². The van der Waals surface area contributed by atoms with Gasteiger partial charge in [0.15, 0.2) is 0 Å². The topological polar surface area (TPSA) is 98.8 Å². The fourth-order valence-corrected chi connectivity index (χ4v) is 2.97. The molecule has 140 valence electrons. The Hall–Kier alpha value is -3.13. The summed E-state index contributed by atoms with van der Waals surface area (Å²) in [6, 6.07) is 7.43. The van der Waals surface area contributed by atoms with Crippen molar-refractivity contribution in [1.29, 1.82) is 0 Å². The molecular formula is C18H17ClN4O4. The number of aromatic nitrogens is 2. The molecule has 0 bridgehead atoms. The fourth-order valence-electron chi connectivity index (χ4n) is 2.81. The molecular weight excluding hydrogens is 372 g/mol. The second kappa shape index (κ2) is 7.63. The van der Waals surface area contributed by atoms with Gasteiger partial charge in [0.2, 0.25) is 0 Å². The average Bonchev–Trinajstić information content (AvgIpc) is 2.99. The second-order valence-corrected chi connectivity index (χ2v) is 6.26. The van der Waals surface area contributed by atoms with E-state index in [0.717, 1.165) is 6.42 Å². The van der Waals surface area contributed by atoms with Crippen molar-refractivity contribution in [2.75, 3.05) is 12.4 Å². The van der Waals surface area contributed by atoms with E-state index in [2.05, 4.69) is 10.3 Å². The van der Waals surface area contributed by atoms with Gasteiger partial charge in [-0.2, -0.15) is 0 Å². The van der Waals surface area contributed by atoms with E-state index < -0.39 is 10.8 Å². The van der Waals surface area contributed by atoms with Gasteiger partial charge in [0.25, 0.3) is 11.6 Å². The number of aryl methyl sites for hydroxylation is 1. The van der Waals surface area contributed by atoms with Gasteiger partial charge in [-0.25, -0.2) is 4.98 Å². The summed E-state index contributed by atoms with van der Waals surface area (Å²) in [5, 5.41) is 14.2. The molecule has 8 nitrogen and oxygen atoms in total. The van der Waals surface area contributed by atoms with Gasteiger partial charge in [0, 0.05) is 18.3 Å². The maximum absolute atomic E-state index is 13.0. The van der Waals surface area contributed by atoms with E-state index in [4.69, 9.17) is 16.3 Å². The van der Waals surface area contributed by atoms with Crippen molar-refractivity contribution in [3.05, 3.63) is 63.1 Å². The molecule has 0 aliphatic carbocycles. The summed E-state index contributed by atoms with van der Waals surface area (Å²) in [5.74, 6) is -0.134. The van der Waals surface area contributed by atoms with Crippen molar-refractivity contribution in [2.24, 2.45) is 0 Å². The predicted octanol–water partition coefficient (Wildman–Crippen LogP) is 4.11. The highest BCUT2D eigenvalue weighted by molar-refractivity contribution is 6.30. The first kappa shape index (κ1) is 18.7. The Morgan fingerprint density at radius 2 is 2.15 bits per heavy atom. The highest BCUT2D eigenvalue weighted by atomic mass is 35.5. The third-order valence-electron chi connectivity index (χ3n) is 4.00. The summed E-state index contributed by atoms with van der Waals surface area (Å²) >= 11 is 6.07. The fraction of sp³-hybridized carbons (Fsp3) is 0.222. The largest absolute Gasteiger partial charge is 0.495 e. The van der Waals surface area contributed by atoms with E-state index in [0.29, 0.717) is 34.2 Å². The van der Waals surface area contributed by atoms with Crippen molar-refractivity contribution < 1.29 is 14.5 Å². The molecule has 0 unspecified atom stereocenters. The van der Waals surface area contributed by atoms with E-state index in [1.54, 1.807) is 22.7 Å². The normalized spacial score (nSPS) is 10.8. The number of methoxy groups -OCH3 is 1. The Bertz CT molecular complexity index is 1030. The molecule has 0 aliphatic heterocycles. The van der Waals surface area contributed by atoms with Crippen LogP contribution in [-0.4, -0.2) is 27.3 Å². The zero-order valence-electron chi connectivity index (χ0n) is 14.7. The smallest absolute Gasteiger partial charge is 0.274 e. The quantitative estimate of drug-likeness (QED) is 0.506. The minimum Gasteiger partial charge on any atom is -0.495 e. The minimum atomic E-state index is -0.536. The highest BCUT2D eigenvalue weighted by Crippen LogP contribution is 2.30. The number of nitrogens with zero attached hydrogens (tertiary/aromatic N) is 3. The van der Waals surface area contributed by atoms with E-state index in [1.165, 1.54) is 25.3 Å². The summed E-state index contributed by atoms with van der Waals surface area (Å²) in [5.41, 5.74) is 1.61. The van der Waals surface area contributed by atoms with Crippen LogP contribution in [0.1, 0.15) is 29.5 Å². The van der Waals surface area contributed by atoms with Crippen LogP contribution in [0.25, 0.3) is 5.65 Å². The molecule has 0 saturated carbocycles. The summed E-state index contributed by atoms with van der Waals surface area (Å²) in [7, 11) is 1.42. The number of non-ortho nitro benzene ring substituents is 1. The maximum Gasteiger partial charge on any atom is 0.274 e. The van der Waals surface area contributed by atoms with Gasteiger partial charge in [0.1, 0.15) is 17.1 Å². The zero-order chi connectivity index (χ0) is 19.6. The number of ether oxygens (including phenoxy) is 1. The predicted molar refractivity (Wildman–Crippen MR) is 102 cm³/mol. The van der Waals surface area contributed by atoms with E-state index >= 15 is 0 Å². The first-order chi connectivity index (χ1) is 12.9. The van der Waals surface area contributed by atoms with E-state index in [9.17, 15) is 14.9 Å². The number of benzene rings is 1. The van der Waals surface area contributed by atoms with Gasteiger partial charge in [-0.3, -0.25) is 19.3 Å². The zero-order valence-corrected chi connectivity index (χ0v) is 15.5. The number of nitrogens with one attached hydrogen (secondary N) is 1. The van der Waals surface area contributed by atoms with Gasteiger partial charge >= 0.3 is 0 Å². The van der Waals surface area contributed by atoms with Crippen molar-refractivity contribution in [3.63, 3.8) is 0 Å². The highest BCUT2D eigenvalue weighted by Gasteiger charge is 2.21. The Balaban J connectivity index is 2.06. The lowest BCUT2D eigenvalue weighted by molar-refractivity contribution is -0.384. The molecule has 0 atom stereocenters. The number of carbonyl (C=O) groups excluding carboxylic acids is 1. The van der Waals surface area contributed by atoms with Crippen LogP contribution in [0.3, 0.4) is 0 Å². The number of anilines is 1. The van der Waals surface area contributed by atoms with Gasteiger partial charge in [-0.15, -0.1) is 0 Å². The molecule has 3 rings (SSSR count). The van der Waals surface area contributed by atoms with E-state index in [-0.39, 0.29) is 11.4 Å². The summed E-state index contributed by atoms with van der Waals surface area (Å²) in [6.45, 7) is 1.99. The summed E-state index contributed by atoms with van der Waals surface area (Å²) < 4.78 is 6.82. The van der Waals surface area contributed by atoms with Gasteiger partial charge < -0.3 is 10.1 Å². The number of rotatable bonds is 6. The first-order valence-electron chi connectivity index (χ1n) is 8.24. The molecule has 2 aromatic heterocycles. The monoisotopic (exact) mass is 388 g/mol. The minimum absolute atomic E-state index is 0.152. The molecule has 1 amide bonds. The summed E-state index contributed by atoms with van der Waals surface area (Å²) in [4.78, 5) is 28.0. The lowest BCUT2D eigenvalue weighted by Crippen LogP contribution is -2.17. The Morgan fingerprint density at radius 3 is 2.81 bits per heavy atom. The lowest BCUT2D eigenvalue weighted by Gasteiger charge is -2.11. The molecule has 3 aromatic rings. The molecule has 27 heavy (non-hydrogen) atoms. The van der Waals surface area contributed by atoms with Crippen molar-refractivity contribution in [2.45, 2.75) is 19.8 Å². The standard InChI is InChI=1S/C18H17ClN4O4/c1-3-4-13-17(22-10-11(19)5-8-16(22)20-13)18(24)21-14-9-12(23(25)26)6-7-15(14)27-2/h5-10H,3-4H2,1-2H3,(H,21,24). The van der Waals surface area contributed by atoms with E-state index in [1.807, 2.05) is 6.92 Å². The maximum atomic E-state index is 13.0. The number of fused-ring (bicyclic) bond motifs is 1. The Morgan fingerprint density at radius 1 is 1.37 bits per heavy atom. The third kappa shape index (κ3) is 3.70. The molecule has 0 radical (unpaired) electrons. The molecule has 0 spiro atoms. The molecule has 1 aromatic carbocycles. The number of nitro groups is 1. The molecule has 0 fully saturated rings. The number of imidazole rings is 1. The number of amides is 1. The van der Waals surface area contributed by atoms with Crippen LogP contribution in [0.5, 0.6) is 5.75 Å². The van der Waals surface area contributed by atoms with Crippen LogP contribution >= 0.6 is 11.6 Å². The van der Waals surface area contributed by atoms with Crippen molar-refractivity contribution >= 4 is 34.5 Å². The number of hydrogen-bond donors (Lipinski definition) is 1. The van der Waals surface area contributed by atoms with Crippen LogP contribution in [0.4, 0.5) is 11.4 Å². The van der Waals surface area contributed by atoms with Crippen molar-refractivity contribution in [3.8, 4) is 5.75 Å². The van der Waals surface area contributed by atoms with Crippen LogP contribution in [-0.2, 0) is 6.42 Å². The second-order valence-electron chi connectivity index (χ2n) is 5.83. The first-order valence-corrected chi connectivity index (χ1v) is 8.62. The number of hydrogen-bond acceptors (Lipinski definition) is 5. The third-order valence-corrected chi connectivity index (χ3v) is 4.22. The van der Waals surface area contributed by atoms with Crippen LogP contribution in [0, 0.1) is 10.1 Å². The lowest BCUT2D eigenvalue weighted by atomic mass is 10.2. The van der Waals surface area contributed by atoms with Crippen LogP contribution < -0.4 is 10.1 Å². The molecule has 0 saturated heterocycles. The SMILES string of the molecule is CCCc1nc2ccc(Cl)cn2c1C(=O)Nc1cc([N+](=O)[O-])ccc1OC. The number of pyridine rings is 1. The van der Waals surface area contributed by atoms with Gasteiger partial charge in [-0.05, 0) is 24.6 Å². The van der Waals surface area contributed by atoms with Crippen LogP contribution in [0.2, 0.25) is 5.02 Å². The number of carbonyl (C=O) groups is 1.